The average Bonchev–Trinajstić information content (AvgIpc) is 2.40. The molecular weight excluding hydrogens is 168 g/mol. The van der Waals surface area contributed by atoms with Crippen molar-refractivity contribution in [2.24, 2.45) is 4.99 Å². The maximum Gasteiger partial charge on any atom is 0.262 e. The zero-order chi connectivity index (χ0) is 9.42. The largest absolute Gasteiger partial charge is 0.278 e. The van der Waals surface area contributed by atoms with Crippen molar-refractivity contribution >= 4 is 18.0 Å². The van der Waals surface area contributed by atoms with Crippen molar-refractivity contribution in [3.05, 3.63) is 23.4 Å². The molecule has 0 saturated heterocycles. The number of imide groups is 1. The van der Waals surface area contributed by atoms with E-state index in [1.807, 2.05) is 0 Å². The predicted octanol–water partition coefficient (Wildman–Crippen LogP) is 0.270. The molecular formula is C9H8N2O2. The maximum absolute atomic E-state index is 11.5. The molecule has 0 aliphatic carbocycles. The SMILES string of the molecule is CN1C(=O)C2=C(CC=CN=C2)C1=O. The van der Waals surface area contributed by atoms with E-state index in [2.05, 4.69) is 4.99 Å². The van der Waals surface area contributed by atoms with Crippen LogP contribution in [0.25, 0.3) is 0 Å². The van der Waals surface area contributed by atoms with Gasteiger partial charge in [-0.1, -0.05) is 6.08 Å². The Morgan fingerprint density at radius 2 is 2.15 bits per heavy atom. The third-order valence-electron chi connectivity index (χ3n) is 2.14. The number of carbonyl (C=O) groups excluding carboxylic acids is 2. The molecule has 0 saturated carbocycles. The van der Waals surface area contributed by atoms with Crippen molar-refractivity contribution in [2.75, 3.05) is 7.05 Å². The lowest BCUT2D eigenvalue weighted by atomic mass is 10.1. The zero-order valence-electron chi connectivity index (χ0n) is 7.15. The van der Waals surface area contributed by atoms with Gasteiger partial charge in [0.1, 0.15) is 0 Å². The molecule has 2 amide bonds. The maximum atomic E-state index is 11.5. The molecule has 0 spiro atoms. The first-order valence-corrected chi connectivity index (χ1v) is 3.95. The van der Waals surface area contributed by atoms with Crippen molar-refractivity contribution in [2.45, 2.75) is 6.42 Å². The van der Waals surface area contributed by atoms with Gasteiger partial charge in [0.2, 0.25) is 0 Å². The Labute approximate surface area is 75.2 Å². The van der Waals surface area contributed by atoms with Crippen molar-refractivity contribution in [3.63, 3.8) is 0 Å². The van der Waals surface area contributed by atoms with E-state index in [4.69, 9.17) is 0 Å². The fourth-order valence-electron chi connectivity index (χ4n) is 1.40. The summed E-state index contributed by atoms with van der Waals surface area (Å²) in [4.78, 5) is 27.9. The predicted molar refractivity (Wildman–Crippen MR) is 47.1 cm³/mol. The summed E-state index contributed by atoms with van der Waals surface area (Å²) in [6.07, 6.45) is 5.30. The molecule has 66 valence electrons. The van der Waals surface area contributed by atoms with Crippen LogP contribution in [0.1, 0.15) is 6.42 Å². The third-order valence-corrected chi connectivity index (χ3v) is 2.14. The van der Waals surface area contributed by atoms with Crippen LogP contribution in [0.3, 0.4) is 0 Å². The molecule has 0 aromatic heterocycles. The Hall–Kier alpha value is -1.71. The topological polar surface area (TPSA) is 49.7 Å². The van der Waals surface area contributed by atoms with Crippen LogP contribution >= 0.6 is 0 Å². The molecule has 0 N–H and O–H groups in total. The van der Waals surface area contributed by atoms with E-state index in [1.165, 1.54) is 13.3 Å². The van der Waals surface area contributed by atoms with Crippen LogP contribution in [0.2, 0.25) is 0 Å². The van der Waals surface area contributed by atoms with Crippen molar-refractivity contribution < 1.29 is 9.59 Å². The van der Waals surface area contributed by atoms with Gasteiger partial charge in [-0.3, -0.25) is 19.5 Å². The highest BCUT2D eigenvalue weighted by molar-refractivity contribution is 6.28. The lowest BCUT2D eigenvalue weighted by molar-refractivity contribution is -0.135. The lowest BCUT2D eigenvalue weighted by Gasteiger charge is -2.05. The summed E-state index contributed by atoms with van der Waals surface area (Å²) in [5, 5.41) is 0. The number of likely N-dealkylation sites (N-methyl/N-ethyl adjacent to an activating group) is 1. The zero-order valence-corrected chi connectivity index (χ0v) is 7.15. The van der Waals surface area contributed by atoms with Gasteiger partial charge in [0, 0.05) is 25.0 Å². The Bertz CT molecular complexity index is 377. The number of amides is 2. The molecule has 2 heterocycles. The summed E-state index contributed by atoms with van der Waals surface area (Å²) in [6, 6.07) is 0. The van der Waals surface area contributed by atoms with E-state index < -0.39 is 0 Å². The number of hydrogen-bond acceptors (Lipinski definition) is 3. The summed E-state index contributed by atoms with van der Waals surface area (Å²) >= 11 is 0. The van der Waals surface area contributed by atoms with Crippen LogP contribution in [0.15, 0.2) is 28.4 Å². The number of aliphatic imine (C=N–C) groups is 1. The minimum absolute atomic E-state index is 0.210. The first kappa shape index (κ1) is 7.91. The van der Waals surface area contributed by atoms with Crippen molar-refractivity contribution in [3.8, 4) is 0 Å². The number of allylic oxidation sites excluding steroid dienone is 1. The molecule has 0 aromatic rings. The van der Waals surface area contributed by atoms with Gasteiger partial charge in [-0.2, -0.15) is 0 Å². The summed E-state index contributed by atoms with van der Waals surface area (Å²) in [5.74, 6) is -0.467. The molecule has 0 fully saturated rings. The van der Waals surface area contributed by atoms with Crippen LogP contribution in [-0.2, 0) is 9.59 Å². The summed E-state index contributed by atoms with van der Waals surface area (Å²) in [5.41, 5.74) is 0.975. The van der Waals surface area contributed by atoms with Crippen LogP contribution in [0, 0.1) is 0 Å². The van der Waals surface area contributed by atoms with Crippen LogP contribution < -0.4 is 0 Å². The van der Waals surface area contributed by atoms with Gasteiger partial charge in [0.15, 0.2) is 0 Å². The normalized spacial score (nSPS) is 21.2. The monoisotopic (exact) mass is 176 g/mol. The molecule has 13 heavy (non-hydrogen) atoms. The van der Waals surface area contributed by atoms with E-state index in [-0.39, 0.29) is 11.8 Å². The standard InChI is InChI=1S/C9H8N2O2/c1-11-8(12)6-3-2-4-10-5-7(6)9(11)13/h2,4-5H,3H2,1H3. The number of rotatable bonds is 0. The van der Waals surface area contributed by atoms with E-state index in [1.54, 1.807) is 12.3 Å². The minimum Gasteiger partial charge on any atom is -0.278 e. The molecule has 4 heteroatoms. The summed E-state index contributed by atoms with van der Waals surface area (Å²) in [7, 11) is 1.48. The first-order chi connectivity index (χ1) is 6.22. The molecule has 0 atom stereocenters. The van der Waals surface area contributed by atoms with Gasteiger partial charge in [0.25, 0.3) is 11.8 Å². The number of carbonyl (C=O) groups is 2. The number of hydrogen-bond donors (Lipinski definition) is 0. The second-order valence-corrected chi connectivity index (χ2v) is 2.93. The van der Waals surface area contributed by atoms with E-state index >= 15 is 0 Å². The van der Waals surface area contributed by atoms with E-state index in [0.29, 0.717) is 17.6 Å². The van der Waals surface area contributed by atoms with Crippen LogP contribution in [0.4, 0.5) is 0 Å². The Balaban J connectivity index is 2.50. The average molecular weight is 176 g/mol. The number of nitrogens with zero attached hydrogens (tertiary/aromatic N) is 2. The lowest BCUT2D eigenvalue weighted by Crippen LogP contribution is -2.27. The molecule has 0 bridgehead atoms. The smallest absolute Gasteiger partial charge is 0.262 e. The molecule has 0 unspecified atom stereocenters. The second-order valence-electron chi connectivity index (χ2n) is 2.93. The molecule has 0 aromatic carbocycles. The van der Waals surface area contributed by atoms with Gasteiger partial charge in [-0.05, 0) is 6.42 Å². The van der Waals surface area contributed by atoms with Gasteiger partial charge in [-0.15, -0.1) is 0 Å². The fourth-order valence-corrected chi connectivity index (χ4v) is 1.40. The first-order valence-electron chi connectivity index (χ1n) is 3.95. The minimum atomic E-state index is -0.257. The van der Waals surface area contributed by atoms with Gasteiger partial charge in [0.05, 0.1) is 5.57 Å². The van der Waals surface area contributed by atoms with Gasteiger partial charge in [-0.25, -0.2) is 0 Å². The summed E-state index contributed by atoms with van der Waals surface area (Å²) < 4.78 is 0. The molecule has 0 radical (unpaired) electrons. The Morgan fingerprint density at radius 1 is 1.38 bits per heavy atom. The van der Waals surface area contributed by atoms with Gasteiger partial charge >= 0.3 is 0 Å². The van der Waals surface area contributed by atoms with Crippen LogP contribution in [0.5, 0.6) is 0 Å². The highest BCUT2D eigenvalue weighted by Crippen LogP contribution is 2.22. The van der Waals surface area contributed by atoms with Crippen molar-refractivity contribution in [1.29, 1.82) is 0 Å². The molecule has 2 aliphatic heterocycles. The quantitative estimate of drug-likeness (QED) is 0.497. The second kappa shape index (κ2) is 2.65. The Morgan fingerprint density at radius 3 is 2.92 bits per heavy atom. The van der Waals surface area contributed by atoms with Gasteiger partial charge < -0.3 is 0 Å². The Kier molecular flexibility index (Phi) is 1.62. The fraction of sp³-hybridized carbons (Fsp3) is 0.222. The third kappa shape index (κ3) is 1.02. The highest BCUT2D eigenvalue weighted by Gasteiger charge is 2.34. The van der Waals surface area contributed by atoms with Crippen LogP contribution in [-0.4, -0.2) is 30.0 Å². The summed E-state index contributed by atoms with van der Waals surface area (Å²) in [6.45, 7) is 0. The highest BCUT2D eigenvalue weighted by atomic mass is 16.2. The van der Waals surface area contributed by atoms with Crippen molar-refractivity contribution in [1.82, 2.24) is 4.90 Å². The molecule has 2 rings (SSSR count). The van der Waals surface area contributed by atoms with E-state index in [9.17, 15) is 9.59 Å². The molecule has 4 nitrogen and oxygen atoms in total. The molecule has 2 aliphatic rings. The van der Waals surface area contributed by atoms with E-state index in [0.717, 1.165) is 4.90 Å².